The van der Waals surface area contributed by atoms with Crippen LogP contribution in [-0.4, -0.2) is 16.8 Å². The van der Waals surface area contributed by atoms with E-state index in [9.17, 15) is 14.9 Å². The Bertz CT molecular complexity index is 739. The number of nitro groups is 1. The van der Waals surface area contributed by atoms with E-state index in [-0.39, 0.29) is 17.2 Å². The second kappa shape index (κ2) is 6.49. The smallest absolute Gasteiger partial charge is 0.282 e. The third kappa shape index (κ3) is 3.66. The molecule has 0 fully saturated rings. The number of guanidine groups is 1. The molecule has 3 N–H and O–H groups in total. The molecule has 0 atom stereocenters. The van der Waals surface area contributed by atoms with Crippen LogP contribution in [0.5, 0.6) is 0 Å². The first-order valence-electron chi connectivity index (χ1n) is 6.43. The fourth-order valence-electron chi connectivity index (χ4n) is 1.79. The lowest BCUT2D eigenvalue weighted by Gasteiger charge is -2.05. The molecule has 0 saturated carbocycles. The zero-order valence-corrected chi connectivity index (χ0v) is 11.8. The first-order valence-corrected chi connectivity index (χ1v) is 6.43. The molecule has 2 aromatic carbocycles. The summed E-state index contributed by atoms with van der Waals surface area (Å²) in [5, 5.41) is 13.2. The minimum absolute atomic E-state index is 0.0745. The Morgan fingerprint density at radius 1 is 1.18 bits per heavy atom. The van der Waals surface area contributed by atoms with Crippen LogP contribution in [-0.2, 0) is 0 Å². The number of carbonyl (C=O) groups is 1. The standard InChI is InChI=1S/C15H14N4O3/c1-10-6-8-11(9-7-10)17-15(16)18-14(20)12-4-2-3-5-13(12)19(21)22/h2-9H,1H3,(H3,16,17,18,20). The van der Waals surface area contributed by atoms with Crippen LogP contribution in [0.1, 0.15) is 15.9 Å². The maximum Gasteiger partial charge on any atom is 0.282 e. The highest BCUT2D eigenvalue weighted by atomic mass is 16.6. The van der Waals surface area contributed by atoms with Crippen molar-refractivity contribution in [3.05, 3.63) is 69.8 Å². The quantitative estimate of drug-likeness (QED) is 0.392. The predicted molar refractivity (Wildman–Crippen MR) is 83.0 cm³/mol. The van der Waals surface area contributed by atoms with Gasteiger partial charge in [-0.3, -0.25) is 20.2 Å². The van der Waals surface area contributed by atoms with Gasteiger partial charge in [-0.15, -0.1) is 0 Å². The number of hydrogen-bond donors (Lipinski definition) is 2. The normalized spacial score (nSPS) is 11.0. The van der Waals surface area contributed by atoms with E-state index in [1.54, 1.807) is 12.1 Å². The average Bonchev–Trinajstić information content (AvgIpc) is 2.49. The molecule has 0 saturated heterocycles. The molecule has 22 heavy (non-hydrogen) atoms. The van der Waals surface area contributed by atoms with Crippen LogP contribution in [0.3, 0.4) is 0 Å². The van der Waals surface area contributed by atoms with E-state index in [1.165, 1.54) is 24.3 Å². The fraction of sp³-hybridized carbons (Fsp3) is 0.0667. The molecule has 0 unspecified atom stereocenters. The molecule has 7 nitrogen and oxygen atoms in total. The summed E-state index contributed by atoms with van der Waals surface area (Å²) in [5.74, 6) is -0.812. The second-order valence-electron chi connectivity index (χ2n) is 4.56. The number of nitrogens with two attached hydrogens (primary N) is 1. The highest BCUT2D eigenvalue weighted by molar-refractivity contribution is 6.07. The zero-order valence-electron chi connectivity index (χ0n) is 11.8. The highest BCUT2D eigenvalue weighted by Crippen LogP contribution is 2.17. The van der Waals surface area contributed by atoms with Crippen molar-refractivity contribution in [1.82, 2.24) is 5.32 Å². The zero-order chi connectivity index (χ0) is 16.1. The first kappa shape index (κ1) is 15.2. The molecular formula is C15H14N4O3. The van der Waals surface area contributed by atoms with Gasteiger partial charge in [0, 0.05) is 6.07 Å². The summed E-state index contributed by atoms with van der Waals surface area (Å²) in [7, 11) is 0. The van der Waals surface area contributed by atoms with Crippen LogP contribution in [0.2, 0.25) is 0 Å². The monoisotopic (exact) mass is 298 g/mol. The predicted octanol–water partition coefficient (Wildman–Crippen LogP) is 2.28. The molecule has 0 bridgehead atoms. The molecule has 112 valence electrons. The fourth-order valence-corrected chi connectivity index (χ4v) is 1.79. The SMILES string of the molecule is Cc1ccc(N=C(N)NC(=O)c2ccccc2[N+](=O)[O-])cc1. The summed E-state index contributed by atoms with van der Waals surface area (Å²) in [6.07, 6.45) is 0. The molecule has 1 amide bonds. The van der Waals surface area contributed by atoms with Crippen LogP contribution >= 0.6 is 0 Å². The maximum atomic E-state index is 12.0. The number of rotatable bonds is 3. The number of amides is 1. The molecule has 0 aromatic heterocycles. The number of aliphatic imine (C=N–C) groups is 1. The van der Waals surface area contributed by atoms with Gasteiger partial charge in [-0.2, -0.15) is 0 Å². The number of aryl methyl sites for hydroxylation is 1. The average molecular weight is 298 g/mol. The number of carbonyl (C=O) groups excluding carboxylic acids is 1. The number of nitrogens with one attached hydrogen (secondary N) is 1. The van der Waals surface area contributed by atoms with E-state index < -0.39 is 10.8 Å². The summed E-state index contributed by atoms with van der Waals surface area (Å²) in [6, 6.07) is 12.8. The van der Waals surface area contributed by atoms with E-state index in [2.05, 4.69) is 10.3 Å². The summed E-state index contributed by atoms with van der Waals surface area (Å²) in [5.41, 5.74) is 6.94. The molecule has 0 heterocycles. The van der Waals surface area contributed by atoms with Crippen molar-refractivity contribution in [1.29, 1.82) is 0 Å². The van der Waals surface area contributed by atoms with Crippen molar-refractivity contribution in [3.63, 3.8) is 0 Å². The van der Waals surface area contributed by atoms with Crippen molar-refractivity contribution in [3.8, 4) is 0 Å². The third-order valence-electron chi connectivity index (χ3n) is 2.87. The van der Waals surface area contributed by atoms with Crippen LogP contribution in [0.4, 0.5) is 11.4 Å². The molecule has 2 aromatic rings. The number of para-hydroxylation sites is 1. The van der Waals surface area contributed by atoms with Gasteiger partial charge in [-0.1, -0.05) is 29.8 Å². The molecule has 2 rings (SSSR count). The second-order valence-corrected chi connectivity index (χ2v) is 4.56. The largest absolute Gasteiger partial charge is 0.369 e. The highest BCUT2D eigenvalue weighted by Gasteiger charge is 2.19. The van der Waals surface area contributed by atoms with Crippen LogP contribution in [0.25, 0.3) is 0 Å². The van der Waals surface area contributed by atoms with E-state index in [0.717, 1.165) is 5.56 Å². The van der Waals surface area contributed by atoms with E-state index >= 15 is 0 Å². The van der Waals surface area contributed by atoms with Gasteiger partial charge in [-0.05, 0) is 25.1 Å². The molecule has 7 heteroatoms. The molecule has 0 spiro atoms. The van der Waals surface area contributed by atoms with Gasteiger partial charge in [-0.25, -0.2) is 4.99 Å². The van der Waals surface area contributed by atoms with Crippen molar-refractivity contribution < 1.29 is 9.72 Å². The Kier molecular flexibility index (Phi) is 4.47. The molecule has 0 aliphatic heterocycles. The van der Waals surface area contributed by atoms with Gasteiger partial charge in [0.1, 0.15) is 5.56 Å². The van der Waals surface area contributed by atoms with E-state index in [4.69, 9.17) is 5.73 Å². The van der Waals surface area contributed by atoms with Crippen molar-refractivity contribution >= 4 is 23.2 Å². The number of nitro benzene ring substituents is 1. The lowest BCUT2D eigenvalue weighted by molar-refractivity contribution is -0.385. The summed E-state index contributed by atoms with van der Waals surface area (Å²) >= 11 is 0. The topological polar surface area (TPSA) is 111 Å². The first-order chi connectivity index (χ1) is 10.5. The van der Waals surface area contributed by atoms with Crippen LogP contribution in [0, 0.1) is 17.0 Å². The number of hydrogen-bond acceptors (Lipinski definition) is 4. The summed E-state index contributed by atoms with van der Waals surface area (Å²) in [4.78, 5) is 26.4. The minimum Gasteiger partial charge on any atom is -0.369 e. The number of nitrogens with zero attached hydrogens (tertiary/aromatic N) is 2. The molecular weight excluding hydrogens is 284 g/mol. The number of benzene rings is 2. The van der Waals surface area contributed by atoms with Gasteiger partial charge in [0.15, 0.2) is 0 Å². The van der Waals surface area contributed by atoms with E-state index in [1.807, 2.05) is 19.1 Å². The lowest BCUT2D eigenvalue weighted by atomic mass is 10.1. The summed E-state index contributed by atoms with van der Waals surface area (Å²) < 4.78 is 0. The van der Waals surface area contributed by atoms with Crippen LogP contribution < -0.4 is 11.1 Å². The van der Waals surface area contributed by atoms with Gasteiger partial charge in [0.25, 0.3) is 11.6 Å². The Morgan fingerprint density at radius 2 is 1.82 bits per heavy atom. The lowest BCUT2D eigenvalue weighted by Crippen LogP contribution is -2.36. The van der Waals surface area contributed by atoms with Crippen LogP contribution in [0.15, 0.2) is 53.5 Å². The molecule has 0 aliphatic carbocycles. The maximum absolute atomic E-state index is 12.0. The third-order valence-corrected chi connectivity index (χ3v) is 2.87. The molecule has 0 radical (unpaired) electrons. The van der Waals surface area contributed by atoms with Gasteiger partial charge in [0.05, 0.1) is 10.6 Å². The Labute approximate surface area is 126 Å². The van der Waals surface area contributed by atoms with Crippen molar-refractivity contribution in [2.24, 2.45) is 10.7 Å². The Hall–Kier alpha value is -3.22. The summed E-state index contributed by atoms with van der Waals surface area (Å²) in [6.45, 7) is 1.94. The molecule has 0 aliphatic rings. The van der Waals surface area contributed by atoms with Gasteiger partial charge >= 0.3 is 0 Å². The van der Waals surface area contributed by atoms with Gasteiger partial charge < -0.3 is 5.73 Å². The van der Waals surface area contributed by atoms with Crippen molar-refractivity contribution in [2.75, 3.05) is 0 Å². The minimum atomic E-state index is -0.680. The Morgan fingerprint density at radius 3 is 2.45 bits per heavy atom. The van der Waals surface area contributed by atoms with Gasteiger partial charge in [0.2, 0.25) is 5.96 Å². The van der Waals surface area contributed by atoms with E-state index in [0.29, 0.717) is 5.69 Å². The van der Waals surface area contributed by atoms with Crippen molar-refractivity contribution in [2.45, 2.75) is 6.92 Å². The Balaban J connectivity index is 2.18.